The van der Waals surface area contributed by atoms with E-state index in [4.69, 9.17) is 0 Å². The zero-order valence-corrected chi connectivity index (χ0v) is 16.0. The molecule has 0 radical (unpaired) electrons. The Bertz CT molecular complexity index is 717. The van der Waals surface area contributed by atoms with E-state index in [2.05, 4.69) is 79.8 Å². The molecule has 2 aromatic rings. The van der Waals surface area contributed by atoms with Gasteiger partial charge in [-0.2, -0.15) is 5.26 Å². The van der Waals surface area contributed by atoms with Gasteiger partial charge in [-0.05, 0) is 53.7 Å². The number of nitriles is 1. The zero-order chi connectivity index (χ0) is 18.4. The summed E-state index contributed by atoms with van der Waals surface area (Å²) in [5, 5.41) is 12.9. The first-order valence-corrected chi connectivity index (χ1v) is 9.88. The van der Waals surface area contributed by atoms with Gasteiger partial charge in [-0.15, -0.1) is 0 Å². The molecule has 1 fully saturated rings. The highest BCUT2D eigenvalue weighted by Gasteiger charge is 2.37. The van der Waals surface area contributed by atoms with Crippen LogP contribution in [0.15, 0.2) is 54.6 Å². The lowest BCUT2D eigenvalue weighted by Crippen LogP contribution is -2.39. The van der Waals surface area contributed by atoms with Gasteiger partial charge in [-0.3, -0.25) is 0 Å². The third-order valence-corrected chi connectivity index (χ3v) is 6.29. The monoisotopic (exact) mass is 346 g/mol. The molecule has 0 bridgehead atoms. The summed E-state index contributed by atoms with van der Waals surface area (Å²) < 4.78 is 0. The van der Waals surface area contributed by atoms with Gasteiger partial charge >= 0.3 is 0 Å². The second-order valence-electron chi connectivity index (χ2n) is 8.07. The van der Waals surface area contributed by atoms with E-state index < -0.39 is 0 Å². The van der Waals surface area contributed by atoms with Crippen LogP contribution in [0.5, 0.6) is 0 Å². The highest BCUT2D eigenvalue weighted by atomic mass is 14.9. The maximum atomic E-state index is 9.19. The predicted octanol–water partition coefficient (Wildman–Crippen LogP) is 5.94. The Balaban J connectivity index is 1.52. The van der Waals surface area contributed by atoms with Crippen molar-refractivity contribution in [3.63, 3.8) is 0 Å². The summed E-state index contributed by atoms with van der Waals surface area (Å²) in [5.41, 5.74) is 4.11. The Labute approximate surface area is 158 Å². The second-order valence-corrected chi connectivity index (χ2v) is 8.07. The Kier molecular flexibility index (Phi) is 6.12. The van der Waals surface area contributed by atoms with Crippen LogP contribution in [0.25, 0.3) is 11.1 Å². The van der Waals surface area contributed by atoms with Gasteiger partial charge in [0.25, 0.3) is 0 Å². The molecule has 1 saturated carbocycles. The van der Waals surface area contributed by atoms with Crippen LogP contribution in [-0.2, 0) is 6.54 Å². The molecule has 1 aliphatic rings. The molecule has 26 heavy (non-hydrogen) atoms. The first-order chi connectivity index (χ1) is 12.6. The van der Waals surface area contributed by atoms with Gasteiger partial charge in [-0.1, -0.05) is 68.4 Å². The summed E-state index contributed by atoms with van der Waals surface area (Å²) in [7, 11) is 0. The molecule has 0 heterocycles. The Morgan fingerprint density at radius 3 is 2.19 bits per heavy atom. The molecule has 0 unspecified atom stereocenters. The van der Waals surface area contributed by atoms with E-state index in [0.717, 1.165) is 6.54 Å². The first kappa shape index (κ1) is 18.7. The summed E-state index contributed by atoms with van der Waals surface area (Å²) in [6, 6.07) is 22.4. The standard InChI is InChI=1S/C24H30N2/c1-19(2)24(16-17-25)14-12-23(13-15-24)26-18-20-8-10-22(11-9-20)21-6-4-3-5-7-21/h3-11,19,23,26H,12-16,18H2,1-2H3/t23-,24-. The van der Waals surface area contributed by atoms with E-state index in [1.807, 2.05) is 0 Å². The third kappa shape index (κ3) is 4.34. The van der Waals surface area contributed by atoms with E-state index in [1.165, 1.54) is 42.4 Å². The number of hydrogen-bond acceptors (Lipinski definition) is 2. The molecular weight excluding hydrogens is 316 g/mol. The van der Waals surface area contributed by atoms with Crippen molar-refractivity contribution in [2.75, 3.05) is 0 Å². The fourth-order valence-electron chi connectivity index (χ4n) is 4.22. The third-order valence-electron chi connectivity index (χ3n) is 6.29. The maximum absolute atomic E-state index is 9.19. The number of rotatable bonds is 6. The van der Waals surface area contributed by atoms with Crippen molar-refractivity contribution < 1.29 is 0 Å². The Morgan fingerprint density at radius 2 is 1.62 bits per heavy atom. The van der Waals surface area contributed by atoms with Crippen LogP contribution in [0.3, 0.4) is 0 Å². The Hall–Kier alpha value is -2.11. The second kappa shape index (κ2) is 8.52. The minimum Gasteiger partial charge on any atom is -0.310 e. The number of hydrogen-bond donors (Lipinski definition) is 1. The molecule has 1 N–H and O–H groups in total. The molecule has 0 atom stereocenters. The summed E-state index contributed by atoms with van der Waals surface area (Å²) in [5.74, 6) is 0.591. The molecule has 2 aromatic carbocycles. The first-order valence-electron chi connectivity index (χ1n) is 9.88. The van der Waals surface area contributed by atoms with Gasteiger partial charge in [-0.25, -0.2) is 0 Å². The molecule has 2 nitrogen and oxygen atoms in total. The molecule has 0 spiro atoms. The van der Waals surface area contributed by atoms with E-state index in [1.54, 1.807) is 0 Å². The lowest BCUT2D eigenvalue weighted by molar-refractivity contribution is 0.105. The van der Waals surface area contributed by atoms with E-state index >= 15 is 0 Å². The summed E-state index contributed by atoms with van der Waals surface area (Å²) in [6.45, 7) is 5.48. The Morgan fingerprint density at radius 1 is 1.00 bits per heavy atom. The lowest BCUT2D eigenvalue weighted by Gasteiger charge is -2.42. The van der Waals surface area contributed by atoms with Crippen LogP contribution in [0.2, 0.25) is 0 Å². The fourth-order valence-corrected chi connectivity index (χ4v) is 4.22. The summed E-state index contributed by atoms with van der Waals surface area (Å²) in [6.07, 6.45) is 5.41. The smallest absolute Gasteiger partial charge is 0.0627 e. The minimum atomic E-state index is 0.240. The van der Waals surface area contributed by atoms with Crippen LogP contribution < -0.4 is 5.32 Å². The summed E-state index contributed by atoms with van der Waals surface area (Å²) >= 11 is 0. The molecule has 0 aromatic heterocycles. The van der Waals surface area contributed by atoms with Crippen molar-refractivity contribution >= 4 is 0 Å². The SMILES string of the molecule is CC(C)[C@]1(CC#N)CC[C@@H](NCc2ccc(-c3ccccc3)cc2)CC1. The van der Waals surface area contributed by atoms with E-state index in [9.17, 15) is 5.26 Å². The van der Waals surface area contributed by atoms with Gasteiger partial charge in [0.2, 0.25) is 0 Å². The number of benzene rings is 2. The summed E-state index contributed by atoms with van der Waals surface area (Å²) in [4.78, 5) is 0. The normalized spacial score (nSPS) is 22.9. The van der Waals surface area contributed by atoms with Gasteiger partial charge in [0, 0.05) is 19.0 Å². The van der Waals surface area contributed by atoms with Crippen LogP contribution in [0, 0.1) is 22.7 Å². The fraction of sp³-hybridized carbons (Fsp3) is 0.458. The minimum absolute atomic E-state index is 0.240. The van der Waals surface area contributed by atoms with Crippen molar-refractivity contribution in [2.24, 2.45) is 11.3 Å². The zero-order valence-electron chi connectivity index (χ0n) is 16.0. The van der Waals surface area contributed by atoms with Crippen LogP contribution in [0.1, 0.15) is 51.5 Å². The van der Waals surface area contributed by atoms with Crippen LogP contribution in [-0.4, -0.2) is 6.04 Å². The number of nitrogens with one attached hydrogen (secondary N) is 1. The van der Waals surface area contributed by atoms with Crippen molar-refractivity contribution in [1.29, 1.82) is 5.26 Å². The molecule has 1 aliphatic carbocycles. The maximum Gasteiger partial charge on any atom is 0.0627 e. The molecule has 0 saturated heterocycles. The molecule has 136 valence electrons. The van der Waals surface area contributed by atoms with Crippen molar-refractivity contribution in [1.82, 2.24) is 5.32 Å². The highest BCUT2D eigenvalue weighted by Crippen LogP contribution is 2.45. The van der Waals surface area contributed by atoms with Crippen LogP contribution >= 0.6 is 0 Å². The molecule has 0 amide bonds. The van der Waals surface area contributed by atoms with Gasteiger partial charge in [0.05, 0.1) is 6.07 Å². The number of nitrogens with zero attached hydrogens (tertiary/aromatic N) is 1. The van der Waals surface area contributed by atoms with Crippen molar-refractivity contribution in [3.05, 3.63) is 60.2 Å². The quantitative estimate of drug-likeness (QED) is 0.702. The molecule has 2 heteroatoms. The largest absolute Gasteiger partial charge is 0.310 e. The molecular formula is C24H30N2. The molecule has 0 aliphatic heterocycles. The lowest BCUT2D eigenvalue weighted by atomic mass is 9.64. The van der Waals surface area contributed by atoms with Gasteiger partial charge < -0.3 is 5.32 Å². The topological polar surface area (TPSA) is 35.8 Å². The highest BCUT2D eigenvalue weighted by molar-refractivity contribution is 5.63. The van der Waals surface area contributed by atoms with Gasteiger partial charge in [0.15, 0.2) is 0 Å². The average molecular weight is 347 g/mol. The van der Waals surface area contributed by atoms with Crippen LogP contribution in [0.4, 0.5) is 0 Å². The van der Waals surface area contributed by atoms with Gasteiger partial charge in [0.1, 0.15) is 0 Å². The molecule has 3 rings (SSSR count). The van der Waals surface area contributed by atoms with Crippen molar-refractivity contribution in [3.8, 4) is 17.2 Å². The van der Waals surface area contributed by atoms with E-state index in [-0.39, 0.29) is 5.41 Å². The van der Waals surface area contributed by atoms with E-state index in [0.29, 0.717) is 18.4 Å². The average Bonchev–Trinajstić information content (AvgIpc) is 2.69. The predicted molar refractivity (Wildman–Crippen MR) is 108 cm³/mol. The van der Waals surface area contributed by atoms with Crippen molar-refractivity contribution in [2.45, 2.75) is 58.5 Å².